The van der Waals surface area contributed by atoms with Crippen LogP contribution in [0, 0.1) is 5.92 Å². The smallest absolute Gasteiger partial charge is 0.267 e. The van der Waals surface area contributed by atoms with Crippen molar-refractivity contribution in [1.29, 1.82) is 0 Å². The zero-order valence-electron chi connectivity index (χ0n) is 19.1. The predicted molar refractivity (Wildman–Crippen MR) is 132 cm³/mol. The average molecular weight is 505 g/mol. The number of carbonyl (C=O) groups excluding carboxylic acids is 1. The topological polar surface area (TPSA) is 104 Å². The first-order valence-electron chi connectivity index (χ1n) is 11.4. The van der Waals surface area contributed by atoms with Crippen molar-refractivity contribution in [2.45, 2.75) is 37.0 Å². The van der Waals surface area contributed by atoms with Crippen molar-refractivity contribution in [1.82, 2.24) is 19.6 Å². The Bertz CT molecular complexity index is 1220. The Morgan fingerprint density at radius 3 is 2.74 bits per heavy atom. The van der Waals surface area contributed by atoms with Crippen molar-refractivity contribution < 1.29 is 17.9 Å². The number of nitrogens with one attached hydrogen (secondary N) is 2. The number of H-pyrrole nitrogens is 1. The van der Waals surface area contributed by atoms with Gasteiger partial charge in [0.05, 0.1) is 17.0 Å². The largest absolute Gasteiger partial charge is 0.495 e. The van der Waals surface area contributed by atoms with E-state index in [4.69, 9.17) is 16.3 Å². The number of pyridine rings is 1. The molecule has 2 N–H and O–H groups in total. The number of aromatic nitrogens is 2. The molecule has 1 aromatic carbocycles. The lowest BCUT2D eigenvalue weighted by atomic mass is 9.92. The van der Waals surface area contributed by atoms with Crippen LogP contribution in [0.15, 0.2) is 47.6 Å². The molecule has 3 aromatic rings. The Morgan fingerprint density at radius 2 is 2.03 bits per heavy atom. The Hall–Kier alpha value is -2.62. The van der Waals surface area contributed by atoms with E-state index in [9.17, 15) is 13.2 Å². The van der Waals surface area contributed by atoms with Crippen LogP contribution in [0.3, 0.4) is 0 Å². The number of sulfonamides is 1. The molecule has 182 valence electrons. The van der Waals surface area contributed by atoms with E-state index in [1.165, 1.54) is 23.5 Å². The summed E-state index contributed by atoms with van der Waals surface area (Å²) in [5.41, 5.74) is 1.43. The molecule has 34 heavy (non-hydrogen) atoms. The minimum atomic E-state index is -3.57. The van der Waals surface area contributed by atoms with Crippen molar-refractivity contribution in [3.63, 3.8) is 0 Å². The Morgan fingerprint density at radius 1 is 1.24 bits per heavy atom. The molecule has 0 atom stereocenters. The standard InChI is InChI=1S/C24H29ClN4O4S/c1-33-23-6-5-19(15-20(23)25)34(31,32)29-12-8-17(9-13-29)4-2-3-10-27-24(30)22-14-18-16-26-11-7-21(18)28-22/h5-7,11,14-17,28H,2-4,8-10,12-13H2,1H3,(H,27,30). The maximum atomic E-state index is 13.0. The van der Waals surface area contributed by atoms with Crippen molar-refractivity contribution in [2.24, 2.45) is 5.92 Å². The average Bonchev–Trinajstić information content (AvgIpc) is 3.28. The third-order valence-electron chi connectivity index (χ3n) is 6.32. The second-order valence-electron chi connectivity index (χ2n) is 8.54. The first-order chi connectivity index (χ1) is 16.4. The molecule has 2 aromatic heterocycles. The summed E-state index contributed by atoms with van der Waals surface area (Å²) in [5, 5.41) is 4.15. The van der Waals surface area contributed by atoms with Gasteiger partial charge in [-0.1, -0.05) is 24.4 Å². The summed E-state index contributed by atoms with van der Waals surface area (Å²) >= 11 is 6.11. The number of nitrogens with zero attached hydrogens (tertiary/aromatic N) is 2. The van der Waals surface area contributed by atoms with Crippen LogP contribution in [0.2, 0.25) is 5.02 Å². The van der Waals surface area contributed by atoms with Gasteiger partial charge in [0, 0.05) is 42.9 Å². The first-order valence-corrected chi connectivity index (χ1v) is 13.2. The molecule has 0 bridgehead atoms. The SMILES string of the molecule is COc1ccc(S(=O)(=O)N2CCC(CCCCNC(=O)c3cc4cnccc4[nH]3)CC2)cc1Cl. The third-order valence-corrected chi connectivity index (χ3v) is 8.51. The molecular weight excluding hydrogens is 476 g/mol. The molecule has 8 nitrogen and oxygen atoms in total. The molecule has 1 aliphatic rings. The van der Waals surface area contributed by atoms with Gasteiger partial charge in [-0.05, 0) is 55.5 Å². The highest BCUT2D eigenvalue weighted by molar-refractivity contribution is 7.89. The lowest BCUT2D eigenvalue weighted by molar-refractivity contribution is 0.0948. The lowest BCUT2D eigenvalue weighted by Gasteiger charge is -2.31. The molecule has 0 radical (unpaired) electrons. The molecule has 0 unspecified atom stereocenters. The molecule has 3 heterocycles. The van der Waals surface area contributed by atoms with Gasteiger partial charge in [0.2, 0.25) is 10.0 Å². The van der Waals surface area contributed by atoms with Gasteiger partial charge in [0.1, 0.15) is 11.4 Å². The van der Waals surface area contributed by atoms with Crippen LogP contribution >= 0.6 is 11.6 Å². The first kappa shape index (κ1) is 24.5. The molecule has 4 rings (SSSR count). The van der Waals surface area contributed by atoms with Gasteiger partial charge >= 0.3 is 0 Å². The maximum absolute atomic E-state index is 13.0. The summed E-state index contributed by atoms with van der Waals surface area (Å²) in [6, 6.07) is 8.21. The van der Waals surface area contributed by atoms with Crippen LogP contribution in [0.4, 0.5) is 0 Å². The van der Waals surface area contributed by atoms with E-state index in [-0.39, 0.29) is 15.8 Å². The van der Waals surface area contributed by atoms with Gasteiger partial charge in [-0.25, -0.2) is 8.42 Å². The van der Waals surface area contributed by atoms with Gasteiger partial charge in [0.25, 0.3) is 5.91 Å². The fourth-order valence-electron chi connectivity index (χ4n) is 4.34. The number of hydrogen-bond donors (Lipinski definition) is 2. The van der Waals surface area contributed by atoms with Gasteiger partial charge in [0.15, 0.2) is 0 Å². The zero-order chi connectivity index (χ0) is 24.1. The fraction of sp³-hybridized carbons (Fsp3) is 0.417. The highest BCUT2D eigenvalue weighted by Crippen LogP contribution is 2.31. The van der Waals surface area contributed by atoms with Crippen LogP contribution in [-0.4, -0.2) is 55.3 Å². The van der Waals surface area contributed by atoms with E-state index in [2.05, 4.69) is 15.3 Å². The Balaban J connectivity index is 1.18. The summed E-state index contributed by atoms with van der Waals surface area (Å²) in [5.74, 6) is 0.824. The normalized spacial score (nSPS) is 15.5. The van der Waals surface area contributed by atoms with Gasteiger partial charge in [-0.3, -0.25) is 9.78 Å². The Kier molecular flexibility index (Phi) is 7.75. The highest BCUT2D eigenvalue weighted by atomic mass is 35.5. The van der Waals surface area contributed by atoms with E-state index in [0.29, 0.717) is 37.0 Å². The number of aromatic amines is 1. The number of amides is 1. The van der Waals surface area contributed by atoms with Crippen LogP contribution in [-0.2, 0) is 10.0 Å². The third kappa shape index (κ3) is 5.54. The predicted octanol–water partition coefficient (Wildman–Crippen LogP) is 4.23. The number of ether oxygens (including phenoxy) is 1. The molecule has 1 fully saturated rings. The molecule has 0 saturated carbocycles. The number of halogens is 1. The number of rotatable bonds is 9. The summed E-state index contributed by atoms with van der Waals surface area (Å²) in [4.78, 5) is 19.7. The monoisotopic (exact) mass is 504 g/mol. The lowest BCUT2D eigenvalue weighted by Crippen LogP contribution is -2.38. The van der Waals surface area contributed by atoms with E-state index in [0.717, 1.165) is 43.0 Å². The molecular formula is C24H29ClN4O4S. The number of fused-ring (bicyclic) bond motifs is 1. The van der Waals surface area contributed by atoms with Gasteiger partial charge < -0.3 is 15.0 Å². The second-order valence-corrected chi connectivity index (χ2v) is 10.9. The van der Waals surface area contributed by atoms with Crippen molar-refractivity contribution in [3.8, 4) is 5.75 Å². The van der Waals surface area contributed by atoms with Crippen LogP contribution in [0.1, 0.15) is 42.6 Å². The number of methoxy groups -OCH3 is 1. The minimum Gasteiger partial charge on any atom is -0.495 e. The molecule has 1 amide bonds. The Labute approximate surface area is 204 Å². The van der Waals surface area contributed by atoms with Crippen molar-refractivity contribution in [2.75, 3.05) is 26.7 Å². The van der Waals surface area contributed by atoms with E-state index in [1.807, 2.05) is 6.07 Å². The highest BCUT2D eigenvalue weighted by Gasteiger charge is 2.29. The summed E-state index contributed by atoms with van der Waals surface area (Å²) < 4.78 is 32.6. The summed E-state index contributed by atoms with van der Waals surface area (Å²) in [7, 11) is -2.07. The van der Waals surface area contributed by atoms with Crippen molar-refractivity contribution in [3.05, 3.63) is 53.4 Å². The van der Waals surface area contributed by atoms with Gasteiger partial charge in [-0.2, -0.15) is 4.31 Å². The van der Waals surface area contributed by atoms with E-state index in [1.54, 1.807) is 24.5 Å². The maximum Gasteiger partial charge on any atom is 0.267 e. The van der Waals surface area contributed by atoms with Crippen LogP contribution < -0.4 is 10.1 Å². The minimum absolute atomic E-state index is 0.117. The molecule has 1 aliphatic heterocycles. The van der Waals surface area contributed by atoms with E-state index < -0.39 is 10.0 Å². The van der Waals surface area contributed by atoms with Crippen molar-refractivity contribution >= 4 is 38.4 Å². The van der Waals surface area contributed by atoms with E-state index >= 15 is 0 Å². The fourth-order valence-corrected chi connectivity index (χ4v) is 6.16. The second kappa shape index (κ2) is 10.8. The number of hydrogen-bond acceptors (Lipinski definition) is 5. The van der Waals surface area contributed by atoms with Gasteiger partial charge in [-0.15, -0.1) is 0 Å². The molecule has 1 saturated heterocycles. The number of benzene rings is 1. The van der Waals surface area contributed by atoms with Crippen LogP contribution in [0.25, 0.3) is 10.9 Å². The molecule has 0 aliphatic carbocycles. The van der Waals surface area contributed by atoms with Crippen LogP contribution in [0.5, 0.6) is 5.75 Å². The number of piperidine rings is 1. The molecule has 0 spiro atoms. The summed E-state index contributed by atoms with van der Waals surface area (Å²) in [6.07, 6.45) is 7.98. The number of carbonyl (C=O) groups is 1. The number of unbranched alkanes of at least 4 members (excludes halogenated alkanes) is 1. The summed E-state index contributed by atoms with van der Waals surface area (Å²) in [6.45, 7) is 1.61. The molecule has 10 heteroatoms. The quantitative estimate of drug-likeness (QED) is 0.424. The zero-order valence-corrected chi connectivity index (χ0v) is 20.7.